The Labute approximate surface area is 139 Å². The average molecular weight is 329 g/mol. The Morgan fingerprint density at radius 1 is 1.35 bits per heavy atom. The van der Waals surface area contributed by atoms with Crippen LogP contribution in [0.25, 0.3) is 11.3 Å². The van der Waals surface area contributed by atoms with Gasteiger partial charge in [0.2, 0.25) is 5.91 Å². The van der Waals surface area contributed by atoms with E-state index in [-0.39, 0.29) is 11.9 Å². The normalized spacial score (nSPS) is 20.3. The van der Waals surface area contributed by atoms with Crippen LogP contribution < -0.4 is 10.6 Å². The van der Waals surface area contributed by atoms with Crippen molar-refractivity contribution >= 4 is 22.4 Å². The molecule has 2 aliphatic rings. The van der Waals surface area contributed by atoms with Gasteiger partial charge in [0.05, 0.1) is 18.9 Å². The number of hydrogen-bond donors (Lipinski definition) is 2. The number of carbonyl (C=O) groups excluding carboxylic acids is 1. The zero-order chi connectivity index (χ0) is 15.6. The van der Waals surface area contributed by atoms with Gasteiger partial charge < -0.3 is 15.4 Å². The van der Waals surface area contributed by atoms with E-state index < -0.39 is 0 Å². The van der Waals surface area contributed by atoms with Crippen molar-refractivity contribution in [3.8, 4) is 11.3 Å². The molecule has 1 amide bonds. The molecular formula is C17H19N3O2S. The lowest BCUT2D eigenvalue weighted by Gasteiger charge is -2.22. The Hall–Kier alpha value is -1.76. The van der Waals surface area contributed by atoms with E-state index in [0.717, 1.165) is 17.7 Å². The van der Waals surface area contributed by atoms with Crippen molar-refractivity contribution in [2.75, 3.05) is 25.1 Å². The lowest BCUT2D eigenvalue weighted by atomic mass is 10.1. The van der Waals surface area contributed by atoms with Crippen molar-refractivity contribution in [2.45, 2.75) is 25.3 Å². The number of amides is 1. The van der Waals surface area contributed by atoms with Crippen LogP contribution in [0.2, 0.25) is 0 Å². The number of fused-ring (bicyclic) bond motifs is 1. The minimum absolute atomic E-state index is 0.0837. The second-order valence-corrected chi connectivity index (χ2v) is 6.80. The van der Waals surface area contributed by atoms with Crippen LogP contribution in [-0.4, -0.2) is 36.7 Å². The van der Waals surface area contributed by atoms with Crippen molar-refractivity contribution < 1.29 is 9.53 Å². The van der Waals surface area contributed by atoms with Gasteiger partial charge in [0, 0.05) is 17.5 Å². The highest BCUT2D eigenvalue weighted by Gasteiger charge is 2.22. The molecule has 0 spiro atoms. The van der Waals surface area contributed by atoms with E-state index in [1.54, 1.807) is 0 Å². The standard InChI is InChI=1S/C17H19N3O2S/c21-16(14-9-22-7-6-18-14)20-17-19-15(10-23-17)13-5-4-11-2-1-3-12(11)8-13/h4-5,8,10,14,18H,1-3,6-7,9H2,(H,19,20,21). The summed E-state index contributed by atoms with van der Waals surface area (Å²) in [5.41, 5.74) is 4.94. The second kappa shape index (κ2) is 6.39. The molecule has 2 aromatic rings. The number of anilines is 1. The maximum atomic E-state index is 12.2. The van der Waals surface area contributed by atoms with Gasteiger partial charge in [-0.15, -0.1) is 11.3 Å². The van der Waals surface area contributed by atoms with Gasteiger partial charge in [-0.2, -0.15) is 0 Å². The van der Waals surface area contributed by atoms with Gasteiger partial charge in [-0.05, 0) is 36.5 Å². The Morgan fingerprint density at radius 3 is 3.13 bits per heavy atom. The summed E-state index contributed by atoms with van der Waals surface area (Å²) in [5.74, 6) is -0.0837. The summed E-state index contributed by atoms with van der Waals surface area (Å²) in [4.78, 5) is 16.7. The Morgan fingerprint density at radius 2 is 2.26 bits per heavy atom. The Balaban J connectivity index is 1.47. The molecule has 1 aliphatic carbocycles. The maximum absolute atomic E-state index is 12.2. The first-order chi connectivity index (χ1) is 11.3. The molecule has 1 unspecified atom stereocenters. The fourth-order valence-electron chi connectivity index (χ4n) is 3.12. The number of ether oxygens (including phenoxy) is 1. The van der Waals surface area contributed by atoms with Crippen molar-refractivity contribution in [2.24, 2.45) is 0 Å². The van der Waals surface area contributed by atoms with Crippen LogP contribution in [0.4, 0.5) is 5.13 Å². The van der Waals surface area contributed by atoms with E-state index in [4.69, 9.17) is 4.74 Å². The third kappa shape index (κ3) is 3.15. The molecule has 1 aromatic heterocycles. The summed E-state index contributed by atoms with van der Waals surface area (Å²) in [6.45, 7) is 1.77. The lowest BCUT2D eigenvalue weighted by molar-refractivity contribution is -0.120. The molecule has 1 aromatic carbocycles. The molecule has 6 heteroatoms. The average Bonchev–Trinajstić information content (AvgIpc) is 3.23. The van der Waals surface area contributed by atoms with Gasteiger partial charge in [0.1, 0.15) is 6.04 Å². The molecule has 1 saturated heterocycles. The second-order valence-electron chi connectivity index (χ2n) is 5.95. The molecule has 1 atom stereocenters. The van der Waals surface area contributed by atoms with Crippen LogP contribution in [0.1, 0.15) is 17.5 Å². The molecule has 120 valence electrons. The van der Waals surface area contributed by atoms with Crippen LogP contribution in [0.5, 0.6) is 0 Å². The van der Waals surface area contributed by atoms with Gasteiger partial charge in [0.15, 0.2) is 5.13 Å². The maximum Gasteiger partial charge on any atom is 0.245 e. The largest absolute Gasteiger partial charge is 0.378 e. The summed E-state index contributed by atoms with van der Waals surface area (Å²) in [7, 11) is 0. The fraction of sp³-hybridized carbons (Fsp3) is 0.412. The summed E-state index contributed by atoms with van der Waals surface area (Å²) in [5, 5.41) is 8.66. The van der Waals surface area contributed by atoms with Crippen molar-refractivity contribution in [3.63, 3.8) is 0 Å². The minimum atomic E-state index is -0.295. The number of aryl methyl sites for hydroxylation is 2. The number of morpholine rings is 1. The molecule has 0 bridgehead atoms. The molecule has 0 radical (unpaired) electrons. The first kappa shape index (κ1) is 14.8. The van der Waals surface area contributed by atoms with E-state index in [9.17, 15) is 4.79 Å². The van der Waals surface area contributed by atoms with Crippen LogP contribution in [-0.2, 0) is 22.4 Å². The zero-order valence-corrected chi connectivity index (χ0v) is 13.6. The third-order valence-corrected chi connectivity index (χ3v) is 5.12. The summed E-state index contributed by atoms with van der Waals surface area (Å²) >= 11 is 1.46. The molecule has 23 heavy (non-hydrogen) atoms. The number of thiazole rings is 1. The van der Waals surface area contributed by atoms with Crippen LogP contribution in [0.15, 0.2) is 23.6 Å². The number of aromatic nitrogens is 1. The van der Waals surface area contributed by atoms with Gasteiger partial charge in [-0.25, -0.2) is 4.98 Å². The fourth-order valence-corrected chi connectivity index (χ4v) is 3.84. The quantitative estimate of drug-likeness (QED) is 0.906. The highest BCUT2D eigenvalue weighted by atomic mass is 32.1. The first-order valence-electron chi connectivity index (χ1n) is 7.99. The van der Waals surface area contributed by atoms with E-state index in [2.05, 4.69) is 33.8 Å². The minimum Gasteiger partial charge on any atom is -0.378 e. The monoisotopic (exact) mass is 329 g/mol. The molecular weight excluding hydrogens is 310 g/mol. The molecule has 1 aliphatic heterocycles. The number of nitrogens with zero attached hydrogens (tertiary/aromatic N) is 1. The predicted molar refractivity (Wildman–Crippen MR) is 90.8 cm³/mol. The number of rotatable bonds is 3. The van der Waals surface area contributed by atoms with Crippen molar-refractivity contribution in [1.29, 1.82) is 0 Å². The smallest absolute Gasteiger partial charge is 0.245 e. The molecule has 0 saturated carbocycles. The van der Waals surface area contributed by atoms with Crippen molar-refractivity contribution in [3.05, 3.63) is 34.7 Å². The van der Waals surface area contributed by atoms with Gasteiger partial charge in [-0.1, -0.05) is 12.1 Å². The van der Waals surface area contributed by atoms with E-state index >= 15 is 0 Å². The highest BCUT2D eigenvalue weighted by Crippen LogP contribution is 2.30. The Bertz CT molecular complexity index is 722. The van der Waals surface area contributed by atoms with Gasteiger partial charge in [0.25, 0.3) is 0 Å². The summed E-state index contributed by atoms with van der Waals surface area (Å²) in [6, 6.07) is 6.27. The third-order valence-electron chi connectivity index (χ3n) is 4.37. The van der Waals surface area contributed by atoms with Crippen LogP contribution in [0.3, 0.4) is 0 Å². The molecule has 2 heterocycles. The van der Waals surface area contributed by atoms with Crippen LogP contribution in [0, 0.1) is 0 Å². The summed E-state index contributed by atoms with van der Waals surface area (Å²) < 4.78 is 5.32. The Kier molecular flexibility index (Phi) is 4.11. The topological polar surface area (TPSA) is 63.2 Å². The molecule has 2 N–H and O–H groups in total. The molecule has 1 fully saturated rings. The first-order valence-corrected chi connectivity index (χ1v) is 8.87. The van der Waals surface area contributed by atoms with E-state index in [1.807, 2.05) is 5.38 Å². The van der Waals surface area contributed by atoms with Gasteiger partial charge in [-0.3, -0.25) is 4.79 Å². The molecule has 5 nitrogen and oxygen atoms in total. The van der Waals surface area contributed by atoms with Crippen molar-refractivity contribution in [1.82, 2.24) is 10.3 Å². The van der Waals surface area contributed by atoms with Crippen LogP contribution >= 0.6 is 11.3 Å². The zero-order valence-electron chi connectivity index (χ0n) is 12.8. The van der Waals surface area contributed by atoms with E-state index in [1.165, 1.54) is 35.3 Å². The number of hydrogen-bond acceptors (Lipinski definition) is 5. The predicted octanol–water partition coefficient (Wildman–Crippen LogP) is 2.23. The van der Waals surface area contributed by atoms with Gasteiger partial charge >= 0.3 is 0 Å². The lowest BCUT2D eigenvalue weighted by Crippen LogP contribution is -2.48. The number of nitrogens with one attached hydrogen (secondary N) is 2. The number of benzene rings is 1. The van der Waals surface area contributed by atoms with E-state index in [0.29, 0.717) is 24.9 Å². The number of carbonyl (C=O) groups is 1. The SMILES string of the molecule is O=C(Nc1nc(-c2ccc3c(c2)CCC3)cs1)C1COCCN1. The summed E-state index contributed by atoms with van der Waals surface area (Å²) in [6.07, 6.45) is 3.59. The molecule has 4 rings (SSSR count). The highest BCUT2D eigenvalue weighted by molar-refractivity contribution is 7.14.